The van der Waals surface area contributed by atoms with Crippen molar-refractivity contribution in [3.8, 4) is 0 Å². The van der Waals surface area contributed by atoms with Gasteiger partial charge in [-0.2, -0.15) is 4.31 Å². The molecule has 2 heterocycles. The summed E-state index contributed by atoms with van der Waals surface area (Å²) in [6.07, 6.45) is 8.93. The van der Waals surface area contributed by atoms with E-state index in [0.717, 1.165) is 57.2 Å². The number of hydrogen-bond donors (Lipinski definition) is 0. The van der Waals surface area contributed by atoms with Crippen LogP contribution in [0.1, 0.15) is 38.5 Å². The number of sulfonamides is 1. The fraction of sp³-hybridized carbons (Fsp3) is 0.824. The summed E-state index contributed by atoms with van der Waals surface area (Å²) in [6.45, 7) is 2.45. The molecule has 1 amide bonds. The molecular formula is C17H28N2O4S. The summed E-state index contributed by atoms with van der Waals surface area (Å²) >= 11 is 0. The Balaban J connectivity index is 1.65. The van der Waals surface area contributed by atoms with Gasteiger partial charge in [0, 0.05) is 38.4 Å². The van der Waals surface area contributed by atoms with E-state index in [1.807, 2.05) is 4.90 Å². The molecule has 3 rings (SSSR count). The average Bonchev–Trinajstić information content (AvgIpc) is 3.16. The van der Waals surface area contributed by atoms with Crippen molar-refractivity contribution in [3.05, 3.63) is 11.6 Å². The molecule has 2 fully saturated rings. The van der Waals surface area contributed by atoms with Crippen molar-refractivity contribution < 1.29 is 17.9 Å². The summed E-state index contributed by atoms with van der Waals surface area (Å²) in [5, 5.41) is 0. The molecule has 0 aromatic rings. The summed E-state index contributed by atoms with van der Waals surface area (Å²) in [5.41, 5.74) is 0.958. The normalized spacial score (nSPS) is 27.7. The Morgan fingerprint density at radius 3 is 2.62 bits per heavy atom. The standard InChI is InChI=1S/C17H28N2O4S/c1-23-12-15-11-17(13-19(15)24(2,21)22)7-9-18(10-8-17)16(20)14-5-3-4-6-14/h5,15H,3-4,6-13H2,1-2H3. The molecule has 0 radical (unpaired) electrons. The third kappa shape index (κ3) is 3.53. The number of carbonyl (C=O) groups is 1. The predicted molar refractivity (Wildman–Crippen MR) is 92.0 cm³/mol. The van der Waals surface area contributed by atoms with E-state index in [9.17, 15) is 13.2 Å². The van der Waals surface area contributed by atoms with Gasteiger partial charge in [0.15, 0.2) is 0 Å². The van der Waals surface area contributed by atoms with Gasteiger partial charge in [0.2, 0.25) is 15.9 Å². The van der Waals surface area contributed by atoms with E-state index >= 15 is 0 Å². The molecule has 1 unspecified atom stereocenters. The molecule has 0 bridgehead atoms. The number of nitrogens with zero attached hydrogens (tertiary/aromatic N) is 2. The van der Waals surface area contributed by atoms with Gasteiger partial charge in [0.05, 0.1) is 12.9 Å². The van der Waals surface area contributed by atoms with Gasteiger partial charge in [-0.15, -0.1) is 0 Å². The maximum absolute atomic E-state index is 12.5. The van der Waals surface area contributed by atoms with Crippen LogP contribution in [-0.2, 0) is 19.6 Å². The molecule has 0 aromatic heterocycles. The fourth-order valence-electron chi connectivity index (χ4n) is 4.46. The second-order valence-corrected chi connectivity index (χ2v) is 9.47. The maximum atomic E-state index is 12.5. The number of carbonyl (C=O) groups excluding carboxylic acids is 1. The van der Waals surface area contributed by atoms with Crippen LogP contribution in [0, 0.1) is 5.41 Å². The molecule has 1 spiro atoms. The largest absolute Gasteiger partial charge is 0.383 e. The molecule has 24 heavy (non-hydrogen) atoms. The Bertz CT molecular complexity index is 621. The van der Waals surface area contributed by atoms with Crippen LogP contribution in [0.15, 0.2) is 11.6 Å². The first-order valence-electron chi connectivity index (χ1n) is 8.79. The highest BCUT2D eigenvalue weighted by Crippen LogP contribution is 2.44. The molecular weight excluding hydrogens is 328 g/mol. The highest BCUT2D eigenvalue weighted by Gasteiger charge is 2.48. The van der Waals surface area contributed by atoms with Gasteiger partial charge in [-0.25, -0.2) is 8.42 Å². The Kier molecular flexibility index (Phi) is 5.04. The van der Waals surface area contributed by atoms with Crippen LogP contribution in [0.4, 0.5) is 0 Å². The van der Waals surface area contributed by atoms with Crippen molar-refractivity contribution in [3.63, 3.8) is 0 Å². The first-order chi connectivity index (χ1) is 11.3. The predicted octanol–water partition coefficient (Wildman–Crippen LogP) is 1.39. The van der Waals surface area contributed by atoms with Crippen molar-refractivity contribution in [2.75, 3.05) is 39.6 Å². The molecule has 136 valence electrons. The van der Waals surface area contributed by atoms with E-state index < -0.39 is 10.0 Å². The van der Waals surface area contributed by atoms with Crippen LogP contribution < -0.4 is 0 Å². The minimum Gasteiger partial charge on any atom is -0.383 e. The zero-order chi connectivity index (χ0) is 17.4. The second kappa shape index (κ2) is 6.77. The Hall–Kier alpha value is -0.920. The number of rotatable bonds is 4. The third-order valence-corrected chi connectivity index (χ3v) is 7.06. The highest BCUT2D eigenvalue weighted by molar-refractivity contribution is 7.88. The smallest absolute Gasteiger partial charge is 0.249 e. The van der Waals surface area contributed by atoms with E-state index in [1.165, 1.54) is 6.26 Å². The number of likely N-dealkylation sites (tertiary alicyclic amines) is 1. The summed E-state index contributed by atoms with van der Waals surface area (Å²) in [6, 6.07) is -0.0789. The zero-order valence-electron chi connectivity index (χ0n) is 14.7. The Morgan fingerprint density at radius 1 is 1.38 bits per heavy atom. The summed E-state index contributed by atoms with van der Waals surface area (Å²) in [5.74, 6) is 0.189. The van der Waals surface area contributed by atoms with Crippen molar-refractivity contribution in [1.29, 1.82) is 0 Å². The van der Waals surface area contributed by atoms with E-state index in [2.05, 4.69) is 6.08 Å². The van der Waals surface area contributed by atoms with Crippen molar-refractivity contribution in [2.45, 2.75) is 44.6 Å². The highest BCUT2D eigenvalue weighted by atomic mass is 32.2. The summed E-state index contributed by atoms with van der Waals surface area (Å²) in [7, 11) is -1.62. The summed E-state index contributed by atoms with van der Waals surface area (Å²) < 4.78 is 31.0. The van der Waals surface area contributed by atoms with Crippen LogP contribution in [-0.4, -0.2) is 69.2 Å². The van der Waals surface area contributed by atoms with Gasteiger partial charge < -0.3 is 9.64 Å². The lowest BCUT2D eigenvalue weighted by atomic mass is 9.76. The minimum absolute atomic E-state index is 0.00683. The monoisotopic (exact) mass is 356 g/mol. The molecule has 2 aliphatic heterocycles. The molecule has 6 nitrogen and oxygen atoms in total. The average molecular weight is 356 g/mol. The summed E-state index contributed by atoms with van der Waals surface area (Å²) in [4.78, 5) is 14.5. The first-order valence-corrected chi connectivity index (χ1v) is 10.6. The number of piperidine rings is 1. The Labute approximate surface area is 144 Å². The Morgan fingerprint density at radius 2 is 2.08 bits per heavy atom. The van der Waals surface area contributed by atoms with Gasteiger partial charge >= 0.3 is 0 Å². The molecule has 1 aliphatic carbocycles. The molecule has 1 atom stereocenters. The van der Waals surface area contributed by atoms with Gasteiger partial charge in [-0.3, -0.25) is 4.79 Å². The van der Waals surface area contributed by atoms with E-state index in [4.69, 9.17) is 4.74 Å². The van der Waals surface area contributed by atoms with Gasteiger partial charge in [0.1, 0.15) is 0 Å². The van der Waals surface area contributed by atoms with Crippen LogP contribution in [0.2, 0.25) is 0 Å². The van der Waals surface area contributed by atoms with Crippen LogP contribution in [0.5, 0.6) is 0 Å². The lowest BCUT2D eigenvalue weighted by Gasteiger charge is -2.39. The van der Waals surface area contributed by atoms with E-state index in [-0.39, 0.29) is 17.4 Å². The molecule has 3 aliphatic rings. The lowest BCUT2D eigenvalue weighted by molar-refractivity contribution is -0.129. The van der Waals surface area contributed by atoms with Crippen molar-refractivity contribution in [1.82, 2.24) is 9.21 Å². The van der Waals surface area contributed by atoms with Crippen molar-refractivity contribution in [2.24, 2.45) is 5.41 Å². The van der Waals surface area contributed by atoms with Crippen LogP contribution in [0.25, 0.3) is 0 Å². The molecule has 7 heteroatoms. The van der Waals surface area contributed by atoms with Crippen molar-refractivity contribution >= 4 is 15.9 Å². The quantitative estimate of drug-likeness (QED) is 0.763. The third-order valence-electron chi connectivity index (χ3n) is 5.78. The minimum atomic E-state index is -3.23. The maximum Gasteiger partial charge on any atom is 0.249 e. The number of amides is 1. The number of allylic oxidation sites excluding steroid dienone is 1. The molecule has 0 aromatic carbocycles. The van der Waals surface area contributed by atoms with Gasteiger partial charge in [-0.05, 0) is 43.9 Å². The van der Waals surface area contributed by atoms with Crippen LogP contribution in [0.3, 0.4) is 0 Å². The second-order valence-electron chi connectivity index (χ2n) is 7.54. The van der Waals surface area contributed by atoms with E-state index in [0.29, 0.717) is 13.2 Å². The molecule has 0 N–H and O–H groups in total. The number of ether oxygens (including phenoxy) is 1. The molecule has 0 saturated carbocycles. The van der Waals surface area contributed by atoms with E-state index in [1.54, 1.807) is 11.4 Å². The zero-order valence-corrected chi connectivity index (χ0v) is 15.5. The fourth-order valence-corrected chi connectivity index (χ4v) is 5.65. The van der Waals surface area contributed by atoms with Gasteiger partial charge in [-0.1, -0.05) is 6.08 Å². The van der Waals surface area contributed by atoms with Crippen LogP contribution >= 0.6 is 0 Å². The molecule has 2 saturated heterocycles. The first kappa shape index (κ1) is 17.9. The number of hydrogen-bond acceptors (Lipinski definition) is 4. The number of methoxy groups -OCH3 is 1. The SMILES string of the molecule is COCC1CC2(CCN(C(=O)C3=CCCC3)CC2)CN1S(C)(=O)=O. The topological polar surface area (TPSA) is 66.9 Å². The lowest BCUT2D eigenvalue weighted by Crippen LogP contribution is -2.45. The van der Waals surface area contributed by atoms with Gasteiger partial charge in [0.25, 0.3) is 0 Å².